The van der Waals surface area contributed by atoms with Crippen molar-refractivity contribution in [3.63, 3.8) is 0 Å². The second-order valence-electron chi connectivity index (χ2n) is 8.29. The largest absolute Gasteiger partial charge is 0.493 e. The van der Waals surface area contributed by atoms with Crippen LogP contribution in [0.25, 0.3) is 0 Å². The predicted molar refractivity (Wildman–Crippen MR) is 133 cm³/mol. The molecule has 4 amide bonds. The molecule has 0 aromatic heterocycles. The van der Waals surface area contributed by atoms with Gasteiger partial charge in [-0.3, -0.25) is 25.1 Å². The van der Waals surface area contributed by atoms with E-state index in [4.69, 9.17) is 9.47 Å². The van der Waals surface area contributed by atoms with Crippen molar-refractivity contribution in [3.05, 3.63) is 54.1 Å². The van der Waals surface area contributed by atoms with E-state index in [-0.39, 0.29) is 29.8 Å². The van der Waals surface area contributed by atoms with Crippen LogP contribution in [0, 0.1) is 5.92 Å². The number of urea groups is 1. The number of thioether (sulfide) groups is 1. The molecule has 35 heavy (non-hydrogen) atoms. The zero-order valence-electron chi connectivity index (χ0n) is 20.0. The summed E-state index contributed by atoms with van der Waals surface area (Å²) >= 11 is 1.33. The summed E-state index contributed by atoms with van der Waals surface area (Å²) in [7, 11) is 6.23. The van der Waals surface area contributed by atoms with Crippen molar-refractivity contribution >= 4 is 35.3 Å². The normalized spacial score (nSPS) is 24.1. The number of nitrogens with one attached hydrogen (secondary N) is 3. The first kappa shape index (κ1) is 24.8. The fraction of sp³-hybridized carbons (Fsp3) is 0.375. The second-order valence-corrected chi connectivity index (χ2v) is 9.42. The first-order valence-electron chi connectivity index (χ1n) is 11.1. The van der Waals surface area contributed by atoms with E-state index >= 15 is 0 Å². The highest BCUT2D eigenvalue weighted by Crippen LogP contribution is 2.35. The van der Waals surface area contributed by atoms with Gasteiger partial charge in [-0.15, -0.1) is 11.8 Å². The first-order valence-corrected chi connectivity index (χ1v) is 12.1. The summed E-state index contributed by atoms with van der Waals surface area (Å²) in [4.78, 5) is 41.1. The summed E-state index contributed by atoms with van der Waals surface area (Å²) < 4.78 is 10.5. The minimum Gasteiger partial charge on any atom is -0.493 e. The van der Waals surface area contributed by atoms with Crippen LogP contribution in [0.1, 0.15) is 11.7 Å². The van der Waals surface area contributed by atoms with Gasteiger partial charge in [0.15, 0.2) is 11.5 Å². The van der Waals surface area contributed by atoms with E-state index in [0.717, 1.165) is 10.5 Å². The van der Waals surface area contributed by atoms with Crippen LogP contribution >= 0.6 is 11.8 Å². The molecule has 0 radical (unpaired) electrons. The van der Waals surface area contributed by atoms with Gasteiger partial charge < -0.3 is 19.7 Å². The van der Waals surface area contributed by atoms with Crippen molar-refractivity contribution in [2.24, 2.45) is 5.92 Å². The molecule has 2 fully saturated rings. The van der Waals surface area contributed by atoms with Crippen LogP contribution in [0.4, 0.5) is 10.5 Å². The molecule has 4 unspecified atom stereocenters. The minimum absolute atomic E-state index is 0.103. The molecule has 4 rings (SSSR count). The number of carbonyl (C=O) groups excluding carboxylic acids is 3. The summed E-state index contributed by atoms with van der Waals surface area (Å²) in [6.07, 6.45) is -0.806. The molecule has 11 heteroatoms. The van der Waals surface area contributed by atoms with Crippen molar-refractivity contribution in [3.8, 4) is 11.5 Å². The Morgan fingerprint density at radius 3 is 2.43 bits per heavy atom. The maximum Gasteiger partial charge on any atom is 0.327 e. The lowest BCUT2D eigenvalue weighted by Gasteiger charge is -2.50. The topological polar surface area (TPSA) is 112 Å². The number of rotatable bonds is 7. The average molecular weight is 500 g/mol. The van der Waals surface area contributed by atoms with Crippen LogP contribution in [-0.2, 0) is 9.59 Å². The number of anilines is 1. The highest BCUT2D eigenvalue weighted by molar-refractivity contribution is 8.00. The molecule has 0 saturated carbocycles. The van der Waals surface area contributed by atoms with Crippen molar-refractivity contribution in [1.82, 2.24) is 20.4 Å². The van der Waals surface area contributed by atoms with Gasteiger partial charge in [0.25, 0.3) is 0 Å². The van der Waals surface area contributed by atoms with Crippen molar-refractivity contribution in [2.45, 2.75) is 17.7 Å². The molecule has 2 aromatic rings. The Bertz CT molecular complexity index is 1100. The smallest absolute Gasteiger partial charge is 0.327 e. The van der Waals surface area contributed by atoms with Crippen LogP contribution in [-0.4, -0.2) is 73.3 Å². The van der Waals surface area contributed by atoms with E-state index in [0.29, 0.717) is 17.2 Å². The SMILES string of the molecule is COc1ccc(NC(=O)CSC2NC(c3ccccc3)NC3C2C(=O)N(C)C(=O)N3C)cc1OC. The Balaban J connectivity index is 1.50. The summed E-state index contributed by atoms with van der Waals surface area (Å²) in [5.41, 5.74) is 1.55. The minimum atomic E-state index is -0.568. The number of benzene rings is 2. The Hall–Kier alpha value is -3.28. The Morgan fingerprint density at radius 1 is 1.03 bits per heavy atom. The van der Waals surface area contributed by atoms with Gasteiger partial charge in [-0.1, -0.05) is 30.3 Å². The molecule has 0 spiro atoms. The number of fused-ring (bicyclic) bond motifs is 1. The van der Waals surface area contributed by atoms with Gasteiger partial charge >= 0.3 is 6.03 Å². The van der Waals surface area contributed by atoms with Crippen LogP contribution in [0.5, 0.6) is 11.5 Å². The lowest BCUT2D eigenvalue weighted by atomic mass is 9.96. The van der Waals surface area contributed by atoms with E-state index in [1.807, 2.05) is 30.3 Å². The third-order valence-corrected chi connectivity index (χ3v) is 7.37. The molecule has 0 aliphatic carbocycles. The fourth-order valence-electron chi connectivity index (χ4n) is 4.31. The van der Waals surface area contributed by atoms with Crippen molar-refractivity contribution in [2.75, 3.05) is 39.4 Å². The average Bonchev–Trinajstić information content (AvgIpc) is 2.89. The van der Waals surface area contributed by atoms with E-state index in [1.165, 1.54) is 25.9 Å². The van der Waals surface area contributed by atoms with E-state index in [2.05, 4.69) is 16.0 Å². The third-order valence-electron chi connectivity index (χ3n) is 6.15. The van der Waals surface area contributed by atoms with Crippen LogP contribution in [0.2, 0.25) is 0 Å². The second kappa shape index (κ2) is 10.5. The number of ether oxygens (including phenoxy) is 2. The number of methoxy groups -OCH3 is 2. The Kier molecular flexibility index (Phi) is 7.48. The molecule has 10 nitrogen and oxygen atoms in total. The predicted octanol–water partition coefficient (Wildman–Crippen LogP) is 2.06. The molecule has 4 atom stereocenters. The Labute approximate surface area is 208 Å². The monoisotopic (exact) mass is 499 g/mol. The molecule has 0 bridgehead atoms. The fourth-order valence-corrected chi connectivity index (χ4v) is 5.42. The van der Waals surface area contributed by atoms with E-state index in [9.17, 15) is 14.4 Å². The number of hydrogen-bond donors (Lipinski definition) is 3. The van der Waals surface area contributed by atoms with Gasteiger partial charge in [-0.2, -0.15) is 0 Å². The highest BCUT2D eigenvalue weighted by atomic mass is 32.2. The number of amides is 4. The van der Waals surface area contributed by atoms with E-state index in [1.54, 1.807) is 37.3 Å². The molecular weight excluding hydrogens is 470 g/mol. The number of imide groups is 1. The third kappa shape index (κ3) is 5.07. The summed E-state index contributed by atoms with van der Waals surface area (Å²) in [6, 6.07) is 14.5. The van der Waals surface area contributed by atoms with Crippen molar-refractivity contribution in [1.29, 1.82) is 0 Å². The molecule has 2 aromatic carbocycles. The highest BCUT2D eigenvalue weighted by Gasteiger charge is 2.51. The molecule has 3 N–H and O–H groups in total. The van der Waals surface area contributed by atoms with Gasteiger partial charge in [0.05, 0.1) is 43.6 Å². The molecule has 2 aliphatic heterocycles. The molecule has 2 saturated heterocycles. The number of nitrogens with zero attached hydrogens (tertiary/aromatic N) is 2. The summed E-state index contributed by atoms with van der Waals surface area (Å²) in [5, 5.41) is 9.30. The van der Waals surface area contributed by atoms with Crippen LogP contribution in [0.15, 0.2) is 48.5 Å². The quantitative estimate of drug-likeness (QED) is 0.531. The molecule has 2 heterocycles. The number of hydrogen-bond acceptors (Lipinski definition) is 8. The zero-order chi connectivity index (χ0) is 25.1. The molecule has 2 aliphatic rings. The van der Waals surface area contributed by atoms with Gasteiger partial charge in [0.1, 0.15) is 0 Å². The molecular formula is C24H29N5O5S. The van der Waals surface area contributed by atoms with Crippen molar-refractivity contribution < 1.29 is 23.9 Å². The molecule has 186 valence electrons. The number of carbonyl (C=O) groups is 3. The first-order chi connectivity index (χ1) is 16.8. The lowest BCUT2D eigenvalue weighted by Crippen LogP contribution is -2.72. The van der Waals surface area contributed by atoms with E-state index < -0.39 is 17.5 Å². The summed E-state index contributed by atoms with van der Waals surface area (Å²) in [5.74, 6) is 0.0941. The Morgan fingerprint density at radius 2 is 1.74 bits per heavy atom. The standard InChI is InChI=1S/C24H29N5O5S/c1-28-21-19(23(31)29(2)24(28)32)22(27-20(26-21)14-8-6-5-7-9-14)35-13-18(30)25-15-10-11-16(33-3)17(12-15)34-4/h5-12,19-22,26-27H,13H2,1-4H3,(H,25,30). The lowest BCUT2D eigenvalue weighted by molar-refractivity contribution is -0.140. The van der Waals surface area contributed by atoms with Gasteiger partial charge in [-0.25, -0.2) is 4.79 Å². The zero-order valence-corrected chi connectivity index (χ0v) is 20.8. The van der Waals surface area contributed by atoms with Crippen LogP contribution in [0.3, 0.4) is 0 Å². The summed E-state index contributed by atoms with van der Waals surface area (Å²) in [6.45, 7) is 0. The van der Waals surface area contributed by atoms with Gasteiger partial charge in [0, 0.05) is 25.8 Å². The maximum atomic E-state index is 13.1. The van der Waals surface area contributed by atoms with Crippen LogP contribution < -0.4 is 25.4 Å². The maximum absolute atomic E-state index is 13.1. The van der Waals surface area contributed by atoms with Gasteiger partial charge in [0.2, 0.25) is 11.8 Å². The van der Waals surface area contributed by atoms with Gasteiger partial charge in [-0.05, 0) is 17.7 Å².